The van der Waals surface area contributed by atoms with Gasteiger partial charge in [-0.25, -0.2) is 12.7 Å². The first-order chi connectivity index (χ1) is 8.25. The van der Waals surface area contributed by atoms with E-state index in [-0.39, 0.29) is 22.9 Å². The molecule has 1 aromatic carbocycles. The number of aryl methyl sites for hydroxylation is 1. The highest BCUT2D eigenvalue weighted by Crippen LogP contribution is 2.25. The van der Waals surface area contributed by atoms with Crippen LogP contribution in [-0.4, -0.2) is 37.4 Å². The van der Waals surface area contributed by atoms with Crippen molar-refractivity contribution in [2.45, 2.75) is 18.2 Å². The molecule has 18 heavy (non-hydrogen) atoms. The van der Waals surface area contributed by atoms with Gasteiger partial charge in [-0.1, -0.05) is 17.7 Å². The van der Waals surface area contributed by atoms with Crippen molar-refractivity contribution in [3.63, 3.8) is 0 Å². The van der Waals surface area contributed by atoms with Gasteiger partial charge < -0.3 is 5.11 Å². The lowest BCUT2D eigenvalue weighted by Gasteiger charge is -2.17. The van der Waals surface area contributed by atoms with Crippen molar-refractivity contribution in [2.75, 3.05) is 13.6 Å². The molecule has 0 radical (unpaired) electrons. The third-order valence-corrected chi connectivity index (χ3v) is 4.75. The Kier molecular flexibility index (Phi) is 4.72. The number of nitrogens with zero attached hydrogens (tertiary/aromatic N) is 1. The average molecular weight is 292 g/mol. The quantitative estimate of drug-likeness (QED) is 0.897. The van der Waals surface area contributed by atoms with E-state index in [1.807, 2.05) is 0 Å². The largest absolute Gasteiger partial charge is 0.481 e. The molecule has 0 aliphatic rings. The van der Waals surface area contributed by atoms with Crippen molar-refractivity contribution in [2.24, 2.45) is 0 Å². The zero-order valence-corrected chi connectivity index (χ0v) is 11.6. The van der Waals surface area contributed by atoms with Crippen LogP contribution in [0.15, 0.2) is 23.1 Å². The van der Waals surface area contributed by atoms with Gasteiger partial charge in [-0.3, -0.25) is 4.79 Å². The standard InChI is InChI=1S/C11H14ClNO4S/c1-8-3-4-9(12)10(7-8)18(16,17)13(2)6-5-11(14)15/h3-4,7H,5-6H2,1-2H3,(H,14,15). The maximum absolute atomic E-state index is 12.2. The third kappa shape index (κ3) is 3.44. The van der Waals surface area contributed by atoms with Crippen LogP contribution < -0.4 is 0 Å². The minimum atomic E-state index is -3.75. The monoisotopic (exact) mass is 291 g/mol. The van der Waals surface area contributed by atoms with E-state index < -0.39 is 16.0 Å². The molecule has 0 unspecified atom stereocenters. The van der Waals surface area contributed by atoms with Crippen LogP contribution in [0.4, 0.5) is 0 Å². The number of carboxylic acid groups (broad SMARTS) is 1. The molecule has 0 aliphatic heterocycles. The van der Waals surface area contributed by atoms with Gasteiger partial charge in [0.25, 0.3) is 0 Å². The van der Waals surface area contributed by atoms with Crippen LogP contribution >= 0.6 is 11.6 Å². The van der Waals surface area contributed by atoms with E-state index >= 15 is 0 Å². The third-order valence-electron chi connectivity index (χ3n) is 2.42. The number of rotatable bonds is 5. The second-order valence-electron chi connectivity index (χ2n) is 3.90. The van der Waals surface area contributed by atoms with Crippen LogP contribution in [0.3, 0.4) is 0 Å². The number of halogens is 1. The second kappa shape index (κ2) is 5.69. The van der Waals surface area contributed by atoms with Crippen LogP contribution in [0, 0.1) is 6.92 Å². The molecule has 1 rings (SSSR count). The predicted molar refractivity (Wildman–Crippen MR) is 68.3 cm³/mol. The highest BCUT2D eigenvalue weighted by atomic mass is 35.5. The molecule has 7 heteroatoms. The summed E-state index contributed by atoms with van der Waals surface area (Å²) in [7, 11) is -2.42. The summed E-state index contributed by atoms with van der Waals surface area (Å²) in [5.41, 5.74) is 0.768. The van der Waals surface area contributed by atoms with Crippen LogP contribution in [0.5, 0.6) is 0 Å². The van der Waals surface area contributed by atoms with E-state index in [2.05, 4.69) is 0 Å². The molecule has 0 aliphatic carbocycles. The van der Waals surface area contributed by atoms with Gasteiger partial charge in [-0.05, 0) is 24.6 Å². The summed E-state index contributed by atoms with van der Waals surface area (Å²) in [6.45, 7) is 1.66. The smallest absolute Gasteiger partial charge is 0.304 e. The fraction of sp³-hybridized carbons (Fsp3) is 0.364. The van der Waals surface area contributed by atoms with Gasteiger partial charge in [-0.2, -0.15) is 0 Å². The molecule has 0 bridgehead atoms. The SMILES string of the molecule is Cc1ccc(Cl)c(S(=O)(=O)N(C)CCC(=O)O)c1. The molecule has 0 aromatic heterocycles. The zero-order chi connectivity index (χ0) is 13.9. The lowest BCUT2D eigenvalue weighted by molar-refractivity contribution is -0.137. The van der Waals surface area contributed by atoms with Gasteiger partial charge in [0.2, 0.25) is 10.0 Å². The summed E-state index contributed by atoms with van der Waals surface area (Å²) in [5, 5.41) is 8.68. The number of hydrogen-bond acceptors (Lipinski definition) is 3. The topological polar surface area (TPSA) is 74.7 Å². The molecule has 1 N–H and O–H groups in total. The zero-order valence-electron chi connectivity index (χ0n) is 10.1. The molecule has 0 atom stereocenters. The summed E-state index contributed by atoms with van der Waals surface area (Å²) in [6, 6.07) is 4.68. The first-order valence-corrected chi connectivity index (χ1v) is 7.01. The fourth-order valence-corrected chi connectivity index (χ4v) is 3.08. The average Bonchev–Trinajstić information content (AvgIpc) is 2.28. The Morgan fingerprint density at radius 1 is 1.44 bits per heavy atom. The molecule has 0 spiro atoms. The van der Waals surface area contributed by atoms with E-state index in [1.54, 1.807) is 13.0 Å². The molecule has 0 heterocycles. The van der Waals surface area contributed by atoms with Gasteiger partial charge >= 0.3 is 5.97 Å². The Labute approximate surface area is 111 Å². The van der Waals surface area contributed by atoms with Gasteiger partial charge in [0, 0.05) is 13.6 Å². The Morgan fingerprint density at radius 3 is 2.61 bits per heavy atom. The number of aliphatic carboxylic acids is 1. The first-order valence-electron chi connectivity index (χ1n) is 5.19. The van der Waals surface area contributed by atoms with Crippen molar-refractivity contribution >= 4 is 27.6 Å². The number of sulfonamides is 1. The molecule has 0 fully saturated rings. The minimum absolute atomic E-state index is 0.00273. The lowest BCUT2D eigenvalue weighted by Crippen LogP contribution is -2.29. The summed E-state index contributed by atoms with van der Waals surface area (Å²) in [6.07, 6.45) is -0.251. The maximum atomic E-state index is 12.2. The van der Waals surface area contributed by atoms with Crippen molar-refractivity contribution in [3.05, 3.63) is 28.8 Å². The number of carboxylic acids is 1. The Hall–Kier alpha value is -1.11. The number of hydrogen-bond donors (Lipinski definition) is 1. The van der Waals surface area contributed by atoms with Crippen LogP contribution in [-0.2, 0) is 14.8 Å². The molecule has 0 saturated carbocycles. The summed E-state index contributed by atoms with van der Waals surface area (Å²) < 4.78 is 25.3. The van der Waals surface area contributed by atoms with Crippen molar-refractivity contribution in [1.82, 2.24) is 4.31 Å². The normalized spacial score (nSPS) is 11.8. The lowest BCUT2D eigenvalue weighted by atomic mass is 10.2. The van der Waals surface area contributed by atoms with Crippen molar-refractivity contribution in [1.29, 1.82) is 0 Å². The molecule has 0 amide bonds. The highest BCUT2D eigenvalue weighted by Gasteiger charge is 2.23. The summed E-state index contributed by atoms with van der Waals surface area (Å²) in [5.74, 6) is -1.05. The van der Waals surface area contributed by atoms with Crippen LogP contribution in [0.2, 0.25) is 5.02 Å². The maximum Gasteiger partial charge on any atom is 0.304 e. The molecule has 0 saturated heterocycles. The van der Waals surface area contributed by atoms with E-state index in [0.717, 1.165) is 9.87 Å². The molecule has 100 valence electrons. The van der Waals surface area contributed by atoms with Crippen molar-refractivity contribution < 1.29 is 18.3 Å². The predicted octanol–water partition coefficient (Wildman–Crippen LogP) is 1.74. The van der Waals surface area contributed by atoms with E-state index in [1.165, 1.54) is 19.2 Å². The molecule has 5 nitrogen and oxygen atoms in total. The van der Waals surface area contributed by atoms with Gasteiger partial charge in [0.05, 0.1) is 11.4 Å². The second-order valence-corrected chi connectivity index (χ2v) is 6.32. The van der Waals surface area contributed by atoms with E-state index in [4.69, 9.17) is 16.7 Å². The van der Waals surface area contributed by atoms with Crippen LogP contribution in [0.1, 0.15) is 12.0 Å². The summed E-state index contributed by atoms with van der Waals surface area (Å²) >= 11 is 5.87. The Balaban J connectivity index is 3.05. The Morgan fingerprint density at radius 2 is 2.06 bits per heavy atom. The number of carbonyl (C=O) groups is 1. The molecular weight excluding hydrogens is 278 g/mol. The minimum Gasteiger partial charge on any atom is -0.481 e. The highest BCUT2D eigenvalue weighted by molar-refractivity contribution is 7.89. The van der Waals surface area contributed by atoms with E-state index in [0.29, 0.717) is 0 Å². The van der Waals surface area contributed by atoms with Gasteiger partial charge in [0.1, 0.15) is 4.90 Å². The molecule has 1 aromatic rings. The van der Waals surface area contributed by atoms with E-state index in [9.17, 15) is 13.2 Å². The first kappa shape index (κ1) is 14.9. The fourth-order valence-electron chi connectivity index (χ4n) is 1.35. The van der Waals surface area contributed by atoms with Crippen molar-refractivity contribution in [3.8, 4) is 0 Å². The Bertz CT molecular complexity index is 556. The molecular formula is C11H14ClNO4S. The number of benzene rings is 1. The summed E-state index contributed by atoms with van der Waals surface area (Å²) in [4.78, 5) is 10.4. The van der Waals surface area contributed by atoms with Gasteiger partial charge in [0.15, 0.2) is 0 Å². The van der Waals surface area contributed by atoms with Crippen LogP contribution in [0.25, 0.3) is 0 Å². The van der Waals surface area contributed by atoms with Gasteiger partial charge in [-0.15, -0.1) is 0 Å².